The average molecular weight is 224 g/mol. The van der Waals surface area contributed by atoms with E-state index >= 15 is 0 Å². The number of halogens is 1. The number of hydrogen-bond donors (Lipinski definition) is 0. The lowest BCUT2D eigenvalue weighted by Gasteiger charge is -2.00. The highest BCUT2D eigenvalue weighted by atomic mass is 79.9. The Morgan fingerprint density at radius 2 is 2.33 bits per heavy atom. The largest absolute Gasteiger partial charge is 0.303 e. The Morgan fingerprint density at radius 1 is 1.58 bits per heavy atom. The van der Waals surface area contributed by atoms with Crippen molar-refractivity contribution >= 4 is 22.2 Å². The Kier molecular flexibility index (Phi) is 3.01. The molecule has 0 fully saturated rings. The van der Waals surface area contributed by atoms with Crippen LogP contribution in [-0.4, -0.2) is 6.29 Å². The number of nitrogens with zero attached hydrogens (tertiary/aromatic N) is 1. The summed E-state index contributed by atoms with van der Waals surface area (Å²) >= 11 is 3.28. The molecule has 0 radical (unpaired) electrons. The van der Waals surface area contributed by atoms with Crippen molar-refractivity contribution in [3.63, 3.8) is 0 Å². The number of rotatable bonds is 2. The van der Waals surface area contributed by atoms with Crippen LogP contribution < -0.4 is 0 Å². The zero-order chi connectivity index (χ0) is 8.97. The molecule has 0 bridgehead atoms. The molecular weight excluding hydrogens is 218 g/mol. The molecule has 0 saturated heterocycles. The summed E-state index contributed by atoms with van der Waals surface area (Å²) in [6.07, 6.45) is 1.07. The highest BCUT2D eigenvalue weighted by Gasteiger charge is 2.04. The van der Waals surface area contributed by atoms with E-state index in [1.165, 1.54) is 0 Å². The first-order valence-corrected chi connectivity index (χ1v) is 4.20. The molecule has 3 heteroatoms. The maximum atomic E-state index is 10.3. The first-order chi connectivity index (χ1) is 5.79. The number of aldehydes is 1. The SMILES string of the molecule is N#Cc1cccc(Br)c1CC=O. The maximum absolute atomic E-state index is 10.3. The summed E-state index contributed by atoms with van der Waals surface area (Å²) in [6, 6.07) is 7.32. The summed E-state index contributed by atoms with van der Waals surface area (Å²) in [7, 11) is 0. The molecule has 1 aromatic rings. The van der Waals surface area contributed by atoms with E-state index in [9.17, 15) is 4.79 Å². The Morgan fingerprint density at radius 3 is 2.92 bits per heavy atom. The smallest absolute Gasteiger partial charge is 0.124 e. The van der Waals surface area contributed by atoms with Crippen LogP contribution in [0.1, 0.15) is 11.1 Å². The number of nitriles is 1. The molecule has 60 valence electrons. The van der Waals surface area contributed by atoms with Gasteiger partial charge in [-0.05, 0) is 17.7 Å². The van der Waals surface area contributed by atoms with Crippen LogP contribution in [-0.2, 0) is 11.2 Å². The third kappa shape index (κ3) is 1.72. The van der Waals surface area contributed by atoms with Gasteiger partial charge in [0.2, 0.25) is 0 Å². The number of benzene rings is 1. The summed E-state index contributed by atoms with van der Waals surface area (Å²) in [5, 5.41) is 8.68. The van der Waals surface area contributed by atoms with Gasteiger partial charge in [0, 0.05) is 10.9 Å². The molecule has 1 aromatic carbocycles. The van der Waals surface area contributed by atoms with Gasteiger partial charge >= 0.3 is 0 Å². The van der Waals surface area contributed by atoms with Crippen molar-refractivity contribution in [3.8, 4) is 6.07 Å². The normalized spacial score (nSPS) is 9.00. The van der Waals surface area contributed by atoms with Crippen molar-refractivity contribution in [2.45, 2.75) is 6.42 Å². The lowest BCUT2D eigenvalue weighted by atomic mass is 10.1. The summed E-state index contributed by atoms with van der Waals surface area (Å²) in [6.45, 7) is 0. The van der Waals surface area contributed by atoms with Gasteiger partial charge in [-0.25, -0.2) is 0 Å². The lowest BCUT2D eigenvalue weighted by Crippen LogP contribution is -1.92. The van der Waals surface area contributed by atoms with E-state index < -0.39 is 0 Å². The van der Waals surface area contributed by atoms with Crippen molar-refractivity contribution < 1.29 is 4.79 Å². The van der Waals surface area contributed by atoms with E-state index in [-0.39, 0.29) is 6.42 Å². The fraction of sp³-hybridized carbons (Fsp3) is 0.111. The van der Waals surface area contributed by atoms with Gasteiger partial charge in [-0.2, -0.15) is 5.26 Å². The second kappa shape index (κ2) is 4.03. The third-order valence-electron chi connectivity index (χ3n) is 1.53. The minimum absolute atomic E-state index is 0.282. The van der Waals surface area contributed by atoms with Crippen LogP contribution in [0.15, 0.2) is 22.7 Å². The molecule has 0 spiro atoms. The standard InChI is InChI=1S/C9H6BrNO/c10-9-3-1-2-7(6-11)8(9)4-5-12/h1-3,5H,4H2. The van der Waals surface area contributed by atoms with E-state index in [0.29, 0.717) is 5.56 Å². The second-order valence-corrected chi connectivity index (χ2v) is 3.10. The van der Waals surface area contributed by atoms with Gasteiger partial charge in [0.05, 0.1) is 11.6 Å². The van der Waals surface area contributed by atoms with Crippen LogP contribution in [0.3, 0.4) is 0 Å². The van der Waals surface area contributed by atoms with E-state index in [2.05, 4.69) is 15.9 Å². The molecule has 1 rings (SSSR count). The maximum Gasteiger partial charge on any atom is 0.124 e. The molecule has 0 heterocycles. The summed E-state index contributed by atoms with van der Waals surface area (Å²) in [5.41, 5.74) is 1.31. The first kappa shape index (κ1) is 8.95. The predicted molar refractivity (Wildman–Crippen MR) is 48.6 cm³/mol. The predicted octanol–water partition coefficient (Wildman–Crippen LogP) is 2.06. The van der Waals surface area contributed by atoms with Gasteiger partial charge in [-0.3, -0.25) is 0 Å². The average Bonchev–Trinajstić information content (AvgIpc) is 2.09. The van der Waals surface area contributed by atoms with Gasteiger partial charge in [0.25, 0.3) is 0 Å². The van der Waals surface area contributed by atoms with Crippen molar-refractivity contribution in [1.29, 1.82) is 5.26 Å². The van der Waals surface area contributed by atoms with E-state index in [0.717, 1.165) is 16.3 Å². The lowest BCUT2D eigenvalue weighted by molar-refractivity contribution is -0.107. The zero-order valence-corrected chi connectivity index (χ0v) is 7.84. The van der Waals surface area contributed by atoms with Crippen LogP contribution in [0.5, 0.6) is 0 Å². The van der Waals surface area contributed by atoms with Crippen LogP contribution in [0.2, 0.25) is 0 Å². The van der Waals surface area contributed by atoms with Crippen LogP contribution in [0, 0.1) is 11.3 Å². The minimum atomic E-state index is 0.282. The highest BCUT2D eigenvalue weighted by molar-refractivity contribution is 9.10. The monoisotopic (exact) mass is 223 g/mol. The summed E-state index contributed by atoms with van der Waals surface area (Å²) in [5.74, 6) is 0. The molecule has 0 aliphatic heterocycles. The van der Waals surface area contributed by atoms with Crippen molar-refractivity contribution in [2.75, 3.05) is 0 Å². The molecular formula is C9H6BrNO. The molecule has 0 amide bonds. The fourth-order valence-electron chi connectivity index (χ4n) is 0.954. The van der Waals surface area contributed by atoms with Crippen LogP contribution in [0.4, 0.5) is 0 Å². The fourth-order valence-corrected chi connectivity index (χ4v) is 1.48. The molecule has 0 aliphatic rings. The van der Waals surface area contributed by atoms with Crippen molar-refractivity contribution in [1.82, 2.24) is 0 Å². The minimum Gasteiger partial charge on any atom is -0.303 e. The molecule has 0 aromatic heterocycles. The third-order valence-corrected chi connectivity index (χ3v) is 2.27. The van der Waals surface area contributed by atoms with Gasteiger partial charge in [-0.15, -0.1) is 0 Å². The molecule has 0 saturated carbocycles. The molecule has 0 atom stereocenters. The second-order valence-electron chi connectivity index (χ2n) is 2.25. The Bertz CT molecular complexity index is 341. The summed E-state index contributed by atoms with van der Waals surface area (Å²) in [4.78, 5) is 10.3. The molecule has 0 N–H and O–H groups in total. The van der Waals surface area contributed by atoms with E-state index in [4.69, 9.17) is 5.26 Å². The zero-order valence-electron chi connectivity index (χ0n) is 6.25. The van der Waals surface area contributed by atoms with Crippen molar-refractivity contribution in [3.05, 3.63) is 33.8 Å². The first-order valence-electron chi connectivity index (χ1n) is 3.40. The van der Waals surface area contributed by atoms with Gasteiger partial charge in [0.15, 0.2) is 0 Å². The van der Waals surface area contributed by atoms with Gasteiger partial charge in [-0.1, -0.05) is 22.0 Å². The molecule has 12 heavy (non-hydrogen) atoms. The molecule has 0 aliphatic carbocycles. The Hall–Kier alpha value is -1.14. The number of carbonyl (C=O) groups excluding carboxylic acids is 1. The van der Waals surface area contributed by atoms with Crippen molar-refractivity contribution in [2.24, 2.45) is 0 Å². The Balaban J connectivity index is 3.21. The van der Waals surface area contributed by atoms with E-state index in [1.807, 2.05) is 12.1 Å². The topological polar surface area (TPSA) is 40.9 Å². The van der Waals surface area contributed by atoms with Crippen LogP contribution in [0.25, 0.3) is 0 Å². The number of carbonyl (C=O) groups is 1. The number of hydrogen-bond acceptors (Lipinski definition) is 2. The van der Waals surface area contributed by atoms with Gasteiger partial charge < -0.3 is 4.79 Å². The Labute approximate surface area is 78.9 Å². The molecule has 2 nitrogen and oxygen atoms in total. The molecule has 0 unspecified atom stereocenters. The van der Waals surface area contributed by atoms with E-state index in [1.54, 1.807) is 12.1 Å². The quantitative estimate of drug-likeness (QED) is 0.721. The summed E-state index contributed by atoms with van der Waals surface area (Å²) < 4.78 is 0.814. The van der Waals surface area contributed by atoms with Gasteiger partial charge in [0.1, 0.15) is 6.29 Å². The highest BCUT2D eigenvalue weighted by Crippen LogP contribution is 2.19. The van der Waals surface area contributed by atoms with Crippen LogP contribution >= 0.6 is 15.9 Å².